The fourth-order valence-electron chi connectivity index (χ4n) is 6.59. The van der Waals surface area contributed by atoms with Gasteiger partial charge in [0.25, 0.3) is 0 Å². The largest absolute Gasteiger partial charge is 0.353 e. The maximum Gasteiger partial charge on any atom is 0.155 e. The van der Waals surface area contributed by atoms with Gasteiger partial charge in [-0.15, -0.1) is 0 Å². The summed E-state index contributed by atoms with van der Waals surface area (Å²) in [6.45, 7) is 10.0. The molecular formula is C24H40O4. The zero-order chi connectivity index (χ0) is 19.7. The molecule has 0 amide bonds. The second-order valence-electron chi connectivity index (χ2n) is 9.45. The van der Waals surface area contributed by atoms with Crippen molar-refractivity contribution >= 4 is 0 Å². The maximum atomic E-state index is 6.52. The highest BCUT2D eigenvalue weighted by Gasteiger charge is 2.66. The van der Waals surface area contributed by atoms with Gasteiger partial charge in [-0.3, -0.25) is 0 Å². The van der Waals surface area contributed by atoms with Crippen LogP contribution in [0.3, 0.4) is 0 Å². The molecule has 0 heterocycles. The van der Waals surface area contributed by atoms with E-state index in [1.165, 1.54) is 12.8 Å². The number of ether oxygens (including phenoxy) is 4. The predicted molar refractivity (Wildman–Crippen MR) is 110 cm³/mol. The average Bonchev–Trinajstić information content (AvgIpc) is 3.42. The molecule has 4 bridgehead atoms. The van der Waals surface area contributed by atoms with Crippen molar-refractivity contribution in [1.82, 2.24) is 0 Å². The van der Waals surface area contributed by atoms with Crippen LogP contribution in [0.2, 0.25) is 0 Å². The van der Waals surface area contributed by atoms with Crippen LogP contribution >= 0.6 is 0 Å². The van der Waals surface area contributed by atoms with Crippen LogP contribution in [-0.4, -0.2) is 38.0 Å². The molecule has 4 aliphatic rings. The van der Waals surface area contributed by atoms with Crippen LogP contribution in [0.5, 0.6) is 0 Å². The molecule has 0 radical (unpaired) electrons. The number of hydrogen-bond donors (Lipinski definition) is 0. The molecule has 3 saturated carbocycles. The first kappa shape index (κ1) is 20.8. The number of unbranched alkanes of at least 4 members (excludes halogenated alkanes) is 2. The van der Waals surface area contributed by atoms with E-state index in [9.17, 15) is 0 Å². The van der Waals surface area contributed by atoms with Gasteiger partial charge in [0.2, 0.25) is 0 Å². The Morgan fingerprint density at radius 1 is 0.750 bits per heavy atom. The summed E-state index contributed by atoms with van der Waals surface area (Å²) in [5, 5.41) is 0. The van der Waals surface area contributed by atoms with Crippen LogP contribution in [0.15, 0.2) is 12.2 Å². The third-order valence-corrected chi connectivity index (χ3v) is 7.68. The zero-order valence-electron chi connectivity index (χ0n) is 18.2. The van der Waals surface area contributed by atoms with E-state index in [1.807, 2.05) is 0 Å². The Labute approximate surface area is 171 Å². The lowest BCUT2D eigenvalue weighted by atomic mass is 9.71. The van der Waals surface area contributed by atoms with Crippen molar-refractivity contribution in [3.63, 3.8) is 0 Å². The van der Waals surface area contributed by atoms with Gasteiger partial charge in [0.1, 0.15) is 0 Å². The number of hydrogen-bond acceptors (Lipinski definition) is 4. The standard InChI is InChI=1S/C24H40O4/c1-5-7-11-25-15(3)27-23-19-14-20(22-18-10-9-17(13-18)21(19)22)24(23)28-16(4)26-12-8-6-2/h9-10,15-24H,5-8,11-14H2,1-4H3. The third-order valence-electron chi connectivity index (χ3n) is 7.68. The molecular weight excluding hydrogens is 352 g/mol. The average molecular weight is 393 g/mol. The number of rotatable bonds is 12. The molecule has 0 aliphatic heterocycles. The van der Waals surface area contributed by atoms with Crippen LogP contribution in [0, 0.1) is 35.5 Å². The minimum atomic E-state index is -0.161. The van der Waals surface area contributed by atoms with Gasteiger partial charge in [-0.05, 0) is 75.0 Å². The smallest absolute Gasteiger partial charge is 0.155 e. The van der Waals surface area contributed by atoms with Gasteiger partial charge in [-0.2, -0.15) is 0 Å². The fraction of sp³-hybridized carbons (Fsp3) is 0.917. The van der Waals surface area contributed by atoms with Crippen LogP contribution in [0.25, 0.3) is 0 Å². The maximum absolute atomic E-state index is 6.52. The highest BCUT2D eigenvalue weighted by molar-refractivity contribution is 5.23. The van der Waals surface area contributed by atoms with Gasteiger partial charge < -0.3 is 18.9 Å². The van der Waals surface area contributed by atoms with E-state index in [0.29, 0.717) is 11.8 Å². The van der Waals surface area contributed by atoms with Crippen LogP contribution < -0.4 is 0 Å². The summed E-state index contributed by atoms with van der Waals surface area (Å²) in [5.74, 6) is 4.35. The van der Waals surface area contributed by atoms with Gasteiger partial charge in [-0.1, -0.05) is 38.8 Å². The molecule has 4 aliphatic carbocycles. The number of allylic oxidation sites excluding steroid dienone is 2. The minimum Gasteiger partial charge on any atom is -0.353 e. The highest BCUT2D eigenvalue weighted by atomic mass is 16.7. The molecule has 4 heteroatoms. The molecule has 0 spiro atoms. The van der Waals surface area contributed by atoms with Gasteiger partial charge in [0, 0.05) is 13.2 Å². The van der Waals surface area contributed by atoms with Crippen molar-refractivity contribution in [2.45, 2.75) is 91.0 Å². The first-order chi connectivity index (χ1) is 13.6. The lowest BCUT2D eigenvalue weighted by Crippen LogP contribution is -2.48. The summed E-state index contributed by atoms with van der Waals surface area (Å²) in [6, 6.07) is 0. The van der Waals surface area contributed by atoms with E-state index in [0.717, 1.165) is 62.6 Å². The normalized spacial score (nSPS) is 42.3. The molecule has 160 valence electrons. The van der Waals surface area contributed by atoms with E-state index in [-0.39, 0.29) is 24.8 Å². The van der Waals surface area contributed by atoms with Crippen molar-refractivity contribution in [3.05, 3.63) is 12.2 Å². The van der Waals surface area contributed by atoms with Gasteiger partial charge in [0.15, 0.2) is 12.6 Å². The second kappa shape index (κ2) is 9.16. The number of fused-ring (bicyclic) bond motifs is 9. The quantitative estimate of drug-likeness (QED) is 0.199. The van der Waals surface area contributed by atoms with Crippen molar-refractivity contribution in [1.29, 1.82) is 0 Å². The summed E-state index contributed by atoms with van der Waals surface area (Å²) in [6.07, 6.45) is 12.0. The fourth-order valence-corrected chi connectivity index (χ4v) is 6.59. The van der Waals surface area contributed by atoms with Crippen molar-refractivity contribution < 1.29 is 18.9 Å². The Morgan fingerprint density at radius 3 is 1.64 bits per heavy atom. The molecule has 4 rings (SSSR count). The van der Waals surface area contributed by atoms with E-state index in [2.05, 4.69) is 39.8 Å². The Balaban J connectivity index is 1.42. The van der Waals surface area contributed by atoms with Crippen molar-refractivity contribution in [2.24, 2.45) is 35.5 Å². The molecule has 4 nitrogen and oxygen atoms in total. The first-order valence-corrected chi connectivity index (χ1v) is 11.9. The summed E-state index contributed by atoms with van der Waals surface area (Å²) in [5.41, 5.74) is 0. The van der Waals surface area contributed by atoms with Gasteiger partial charge in [0.05, 0.1) is 12.2 Å². The topological polar surface area (TPSA) is 36.9 Å². The third kappa shape index (κ3) is 3.95. The van der Waals surface area contributed by atoms with E-state index >= 15 is 0 Å². The van der Waals surface area contributed by atoms with Crippen molar-refractivity contribution in [2.75, 3.05) is 13.2 Å². The van der Waals surface area contributed by atoms with E-state index in [4.69, 9.17) is 18.9 Å². The molecule has 0 aromatic rings. The second-order valence-corrected chi connectivity index (χ2v) is 9.45. The molecule has 0 aromatic heterocycles. The van der Waals surface area contributed by atoms with Crippen LogP contribution in [-0.2, 0) is 18.9 Å². The van der Waals surface area contributed by atoms with Gasteiger partial charge in [-0.25, -0.2) is 0 Å². The first-order valence-electron chi connectivity index (χ1n) is 11.9. The highest BCUT2D eigenvalue weighted by Crippen LogP contribution is 2.66. The summed E-state index contributed by atoms with van der Waals surface area (Å²) < 4.78 is 24.9. The molecule has 0 N–H and O–H groups in total. The molecule has 10 unspecified atom stereocenters. The predicted octanol–water partition coefficient (Wildman–Crippen LogP) is 5.17. The molecule has 3 fully saturated rings. The SMILES string of the molecule is CCCCOC(C)OC1C2CC(C1OC(C)OCCCC)C1C3C=CC(C3)C21. The Morgan fingerprint density at radius 2 is 1.21 bits per heavy atom. The molecule has 0 aromatic carbocycles. The summed E-state index contributed by atoms with van der Waals surface area (Å²) in [4.78, 5) is 0. The Hall–Kier alpha value is -0.420. The minimum absolute atomic E-state index is 0.146. The monoisotopic (exact) mass is 392 g/mol. The van der Waals surface area contributed by atoms with Crippen LogP contribution in [0.4, 0.5) is 0 Å². The van der Waals surface area contributed by atoms with E-state index in [1.54, 1.807) is 0 Å². The van der Waals surface area contributed by atoms with Gasteiger partial charge >= 0.3 is 0 Å². The lowest BCUT2D eigenvalue weighted by Gasteiger charge is -2.42. The molecule has 28 heavy (non-hydrogen) atoms. The van der Waals surface area contributed by atoms with E-state index < -0.39 is 0 Å². The summed E-state index contributed by atoms with van der Waals surface area (Å²) >= 11 is 0. The zero-order valence-corrected chi connectivity index (χ0v) is 18.2. The van der Waals surface area contributed by atoms with Crippen molar-refractivity contribution in [3.8, 4) is 0 Å². The van der Waals surface area contributed by atoms with Crippen LogP contribution in [0.1, 0.15) is 66.2 Å². The Bertz CT molecular complexity index is 491. The Kier molecular flexibility index (Phi) is 6.81. The molecule has 10 atom stereocenters. The summed E-state index contributed by atoms with van der Waals surface area (Å²) in [7, 11) is 0. The lowest BCUT2D eigenvalue weighted by molar-refractivity contribution is -0.247. The molecule has 0 saturated heterocycles.